The van der Waals surface area contributed by atoms with E-state index >= 15 is 0 Å². The van der Waals surface area contributed by atoms with E-state index in [1.807, 2.05) is 28.9 Å². The molecule has 11 nitrogen and oxygen atoms in total. The van der Waals surface area contributed by atoms with Gasteiger partial charge in [-0.2, -0.15) is 5.10 Å². The van der Waals surface area contributed by atoms with Crippen LogP contribution in [0.5, 0.6) is 0 Å². The van der Waals surface area contributed by atoms with E-state index in [4.69, 9.17) is 0 Å². The van der Waals surface area contributed by atoms with Crippen molar-refractivity contribution in [1.82, 2.24) is 34.4 Å². The molecule has 0 saturated carbocycles. The quantitative estimate of drug-likeness (QED) is 0.301. The first kappa shape index (κ1) is 26.1. The Bertz CT molecular complexity index is 2130. The second-order valence-electron chi connectivity index (χ2n) is 9.74. The molecule has 0 radical (unpaired) electrons. The normalized spacial score (nSPS) is 11.8. The van der Waals surface area contributed by atoms with E-state index in [0.717, 1.165) is 11.2 Å². The predicted molar refractivity (Wildman–Crippen MR) is 153 cm³/mol. The number of hydrogen-bond acceptors (Lipinski definition) is 7. The lowest BCUT2D eigenvalue weighted by atomic mass is 10.0. The van der Waals surface area contributed by atoms with Gasteiger partial charge >= 0.3 is 0 Å². The van der Waals surface area contributed by atoms with Gasteiger partial charge in [0.15, 0.2) is 9.84 Å². The molecule has 0 bridgehead atoms. The Morgan fingerprint density at radius 1 is 1.02 bits per heavy atom. The van der Waals surface area contributed by atoms with Crippen molar-refractivity contribution >= 4 is 32.3 Å². The molecule has 6 rings (SSSR count). The lowest BCUT2D eigenvalue weighted by Gasteiger charge is -2.14. The molecule has 0 aliphatic heterocycles. The van der Waals surface area contributed by atoms with Crippen LogP contribution in [0.15, 0.2) is 89.1 Å². The molecule has 0 aliphatic rings. The molecule has 206 valence electrons. The Labute approximate surface area is 234 Å². The van der Waals surface area contributed by atoms with Crippen LogP contribution in [0.2, 0.25) is 0 Å². The Kier molecular flexibility index (Phi) is 6.46. The van der Waals surface area contributed by atoms with Crippen molar-refractivity contribution in [3.05, 3.63) is 112 Å². The topological polar surface area (TPSA) is 144 Å². The number of nitrogens with zero attached hydrogens (tertiary/aromatic N) is 5. The van der Waals surface area contributed by atoms with Crippen molar-refractivity contribution in [2.45, 2.75) is 24.1 Å². The molecule has 4 heterocycles. The maximum atomic E-state index is 13.6. The van der Waals surface area contributed by atoms with Crippen molar-refractivity contribution < 1.29 is 13.2 Å². The van der Waals surface area contributed by atoms with E-state index < -0.39 is 9.84 Å². The zero-order valence-corrected chi connectivity index (χ0v) is 23.0. The van der Waals surface area contributed by atoms with Crippen LogP contribution in [0.4, 0.5) is 0 Å². The maximum Gasteiger partial charge on any atom is 0.258 e. The highest BCUT2D eigenvalue weighted by atomic mass is 32.2. The van der Waals surface area contributed by atoms with Crippen LogP contribution in [0.3, 0.4) is 0 Å². The number of sulfone groups is 1. The third-order valence-corrected chi connectivity index (χ3v) is 8.44. The van der Waals surface area contributed by atoms with Crippen molar-refractivity contribution in [2.75, 3.05) is 0 Å². The maximum absolute atomic E-state index is 13.6. The first-order valence-corrected chi connectivity index (χ1v) is 14.4. The fourth-order valence-corrected chi connectivity index (χ4v) is 6.24. The number of imidazole rings is 1. The smallest absolute Gasteiger partial charge is 0.258 e. The average Bonchev–Trinajstić information content (AvgIpc) is 3.58. The van der Waals surface area contributed by atoms with Crippen LogP contribution in [-0.2, 0) is 29.2 Å². The van der Waals surface area contributed by atoms with Crippen LogP contribution in [0.25, 0.3) is 27.7 Å². The Hall–Kier alpha value is -5.10. The fourth-order valence-electron chi connectivity index (χ4n) is 4.75. The number of benzene rings is 2. The summed E-state index contributed by atoms with van der Waals surface area (Å²) in [6.45, 7) is 1.94. The molecule has 0 fully saturated rings. The monoisotopic (exact) mass is 567 g/mol. The minimum atomic E-state index is -3.87. The minimum Gasteiger partial charge on any atom is -0.348 e. The SMILES string of the molecule is Cc1nc2cc(-c3cc(C(=O)NCc4ccn5ccnc5c4)ccc3S(=O)(=O)Cc3ccn(C)n3)ccc2c(=O)[nH]1. The lowest BCUT2D eigenvalue weighted by molar-refractivity contribution is 0.0951. The molecule has 0 atom stereocenters. The summed E-state index contributed by atoms with van der Waals surface area (Å²) in [5.74, 6) is -0.244. The standard InChI is InChI=1S/C29H25N7O4S/c1-18-32-25-15-20(3-5-23(25)29(38)33-18)24-14-21(4-6-26(24)41(39,40)17-22-8-10-35(2)34-22)28(37)31-16-19-7-11-36-12-9-30-27(36)13-19/h3-15H,16-17H2,1-2H3,(H,31,37)(H,32,33,38). The molecule has 0 spiro atoms. The van der Waals surface area contributed by atoms with Crippen LogP contribution < -0.4 is 10.9 Å². The van der Waals surface area contributed by atoms with Gasteiger partial charge in [0.25, 0.3) is 11.5 Å². The molecule has 6 aromatic rings. The molecule has 0 saturated heterocycles. The Morgan fingerprint density at radius 2 is 1.88 bits per heavy atom. The number of aromatic amines is 1. The zero-order valence-electron chi connectivity index (χ0n) is 22.2. The predicted octanol–water partition coefficient (Wildman–Crippen LogP) is 3.18. The molecule has 0 unspecified atom stereocenters. The number of H-pyrrole nitrogens is 1. The summed E-state index contributed by atoms with van der Waals surface area (Å²) in [5, 5.41) is 7.49. The van der Waals surface area contributed by atoms with Crippen molar-refractivity contribution in [2.24, 2.45) is 7.05 Å². The van der Waals surface area contributed by atoms with Crippen LogP contribution in [0.1, 0.15) is 27.4 Å². The molecule has 2 aromatic carbocycles. The number of nitrogens with one attached hydrogen (secondary N) is 2. The summed E-state index contributed by atoms with van der Waals surface area (Å²) in [7, 11) is -2.15. The number of fused-ring (bicyclic) bond motifs is 2. The summed E-state index contributed by atoms with van der Waals surface area (Å²) in [6, 6.07) is 14.8. The van der Waals surface area contributed by atoms with Crippen molar-refractivity contribution in [1.29, 1.82) is 0 Å². The second-order valence-corrected chi connectivity index (χ2v) is 11.7. The summed E-state index contributed by atoms with van der Waals surface area (Å²) in [5.41, 5.74) is 3.28. The highest BCUT2D eigenvalue weighted by Crippen LogP contribution is 2.32. The number of carbonyl (C=O) groups is 1. The van der Waals surface area contributed by atoms with E-state index in [1.54, 1.807) is 61.4 Å². The number of pyridine rings is 1. The third-order valence-electron chi connectivity index (χ3n) is 6.73. The van der Waals surface area contributed by atoms with Gasteiger partial charge in [-0.3, -0.25) is 14.3 Å². The van der Waals surface area contributed by atoms with Gasteiger partial charge in [0, 0.05) is 49.5 Å². The van der Waals surface area contributed by atoms with E-state index in [1.165, 1.54) is 12.1 Å². The first-order valence-electron chi connectivity index (χ1n) is 12.7. The molecule has 0 aliphatic carbocycles. The number of amides is 1. The molecule has 1 amide bonds. The molecule has 2 N–H and O–H groups in total. The number of rotatable bonds is 7. The molecule has 12 heteroatoms. The summed E-state index contributed by atoms with van der Waals surface area (Å²) < 4.78 is 30.7. The van der Waals surface area contributed by atoms with E-state index in [-0.39, 0.29) is 34.2 Å². The number of aromatic nitrogens is 6. The van der Waals surface area contributed by atoms with E-state index in [0.29, 0.717) is 33.5 Å². The van der Waals surface area contributed by atoms with Gasteiger partial charge in [-0.15, -0.1) is 0 Å². The molecular weight excluding hydrogens is 542 g/mol. The van der Waals surface area contributed by atoms with Crippen molar-refractivity contribution in [3.63, 3.8) is 0 Å². The number of carbonyl (C=O) groups excluding carboxylic acids is 1. The fraction of sp³-hybridized carbons (Fsp3) is 0.138. The number of hydrogen-bond donors (Lipinski definition) is 2. The first-order chi connectivity index (χ1) is 19.7. The van der Waals surface area contributed by atoms with Gasteiger partial charge in [-0.05, 0) is 66.6 Å². The van der Waals surface area contributed by atoms with Gasteiger partial charge in [-0.1, -0.05) is 6.07 Å². The van der Waals surface area contributed by atoms with E-state index in [9.17, 15) is 18.0 Å². The minimum absolute atomic E-state index is 0.0466. The van der Waals surface area contributed by atoms with Gasteiger partial charge < -0.3 is 14.7 Å². The summed E-state index contributed by atoms with van der Waals surface area (Å²) in [4.78, 5) is 37.0. The average molecular weight is 568 g/mol. The van der Waals surface area contributed by atoms with Crippen LogP contribution in [-0.4, -0.2) is 43.5 Å². The van der Waals surface area contributed by atoms with Gasteiger partial charge in [0.2, 0.25) is 0 Å². The van der Waals surface area contributed by atoms with Gasteiger partial charge in [0.1, 0.15) is 11.5 Å². The summed E-state index contributed by atoms with van der Waals surface area (Å²) >= 11 is 0. The largest absolute Gasteiger partial charge is 0.348 e. The Balaban J connectivity index is 1.39. The lowest BCUT2D eigenvalue weighted by Crippen LogP contribution is -2.23. The Morgan fingerprint density at radius 3 is 2.68 bits per heavy atom. The summed E-state index contributed by atoms with van der Waals surface area (Å²) in [6.07, 6.45) is 7.08. The van der Waals surface area contributed by atoms with E-state index in [2.05, 4.69) is 25.4 Å². The number of aryl methyl sites for hydroxylation is 2. The molecular formula is C29H25N7O4S. The van der Waals surface area contributed by atoms with Gasteiger partial charge in [-0.25, -0.2) is 18.4 Å². The highest BCUT2D eigenvalue weighted by molar-refractivity contribution is 7.90. The second kappa shape index (κ2) is 10.1. The van der Waals surface area contributed by atoms with Crippen molar-refractivity contribution in [3.8, 4) is 11.1 Å². The van der Waals surface area contributed by atoms with Crippen LogP contribution in [0, 0.1) is 6.92 Å². The molecule has 41 heavy (non-hydrogen) atoms. The highest BCUT2D eigenvalue weighted by Gasteiger charge is 2.23. The van der Waals surface area contributed by atoms with Crippen LogP contribution >= 0.6 is 0 Å². The van der Waals surface area contributed by atoms with Gasteiger partial charge in [0.05, 0.1) is 27.2 Å². The molecule has 4 aromatic heterocycles. The zero-order chi connectivity index (χ0) is 28.7. The third kappa shape index (κ3) is 5.24.